The summed E-state index contributed by atoms with van der Waals surface area (Å²) in [4.78, 5) is 27.1. The summed E-state index contributed by atoms with van der Waals surface area (Å²) in [7, 11) is 0. The molecular weight excluding hydrogens is 462 g/mol. The normalized spacial score (nSPS) is 10.6. The van der Waals surface area contributed by atoms with Crippen molar-refractivity contribution in [1.29, 1.82) is 0 Å². The fraction of sp³-hybridized carbons (Fsp3) is 0.143. The highest BCUT2D eigenvalue weighted by molar-refractivity contribution is 9.10. The van der Waals surface area contributed by atoms with Crippen LogP contribution < -0.4 is 10.2 Å². The Labute approximate surface area is 179 Å². The molecule has 0 aliphatic carbocycles. The van der Waals surface area contributed by atoms with Crippen LogP contribution in [0.3, 0.4) is 0 Å². The lowest BCUT2D eigenvalue weighted by molar-refractivity contribution is -0.118. The molecule has 29 heavy (non-hydrogen) atoms. The number of carbonyl (C=O) groups excluding carboxylic acids is 2. The second kappa shape index (κ2) is 9.76. The van der Waals surface area contributed by atoms with Gasteiger partial charge in [-0.05, 0) is 47.8 Å². The molecule has 1 aromatic heterocycles. The number of amides is 2. The molecule has 2 amide bonds. The van der Waals surface area contributed by atoms with Crippen LogP contribution in [0.4, 0.5) is 14.5 Å². The molecule has 0 saturated heterocycles. The maximum Gasteiger partial charge on any atom is 0.251 e. The van der Waals surface area contributed by atoms with Crippen molar-refractivity contribution in [3.63, 3.8) is 0 Å². The third kappa shape index (κ3) is 5.71. The number of benzene rings is 2. The standard InChI is InChI=1S/C21H17BrF2N2O2S/c22-15-5-3-14(4-6-15)21(28)25-10-9-20(27)26(13-17-2-1-11-29-17)19-8-7-16(23)12-18(19)24/h1-8,11-12H,9-10,13H2,(H,25,28). The van der Waals surface area contributed by atoms with Gasteiger partial charge in [-0.25, -0.2) is 8.78 Å². The van der Waals surface area contributed by atoms with Gasteiger partial charge in [0.15, 0.2) is 0 Å². The zero-order chi connectivity index (χ0) is 20.8. The smallest absolute Gasteiger partial charge is 0.251 e. The number of nitrogens with zero attached hydrogens (tertiary/aromatic N) is 1. The number of thiophene rings is 1. The fourth-order valence-electron chi connectivity index (χ4n) is 2.69. The van der Waals surface area contributed by atoms with Crippen molar-refractivity contribution in [2.24, 2.45) is 0 Å². The zero-order valence-corrected chi connectivity index (χ0v) is 17.6. The first-order valence-electron chi connectivity index (χ1n) is 8.75. The maximum atomic E-state index is 14.3. The molecule has 0 unspecified atom stereocenters. The van der Waals surface area contributed by atoms with Gasteiger partial charge in [-0.3, -0.25) is 9.59 Å². The molecule has 4 nitrogen and oxygen atoms in total. The molecule has 0 fully saturated rings. The number of nitrogens with one attached hydrogen (secondary N) is 1. The van der Waals surface area contributed by atoms with Crippen molar-refractivity contribution in [3.05, 3.63) is 86.5 Å². The topological polar surface area (TPSA) is 49.4 Å². The van der Waals surface area contributed by atoms with E-state index in [-0.39, 0.29) is 37.0 Å². The van der Waals surface area contributed by atoms with Crippen molar-refractivity contribution in [2.75, 3.05) is 11.4 Å². The van der Waals surface area contributed by atoms with Crippen molar-refractivity contribution in [1.82, 2.24) is 5.32 Å². The van der Waals surface area contributed by atoms with Crippen LogP contribution in [0, 0.1) is 11.6 Å². The van der Waals surface area contributed by atoms with Crippen LogP contribution in [0.15, 0.2) is 64.5 Å². The zero-order valence-electron chi connectivity index (χ0n) is 15.2. The Morgan fingerprint density at radius 3 is 2.48 bits per heavy atom. The average molecular weight is 479 g/mol. The molecule has 0 radical (unpaired) electrons. The molecule has 150 valence electrons. The number of carbonyl (C=O) groups is 2. The van der Waals surface area contributed by atoms with Crippen LogP contribution in [0.5, 0.6) is 0 Å². The summed E-state index contributed by atoms with van der Waals surface area (Å²) in [6, 6.07) is 13.6. The maximum absolute atomic E-state index is 14.3. The molecule has 3 aromatic rings. The second-order valence-electron chi connectivity index (χ2n) is 6.17. The van der Waals surface area contributed by atoms with Gasteiger partial charge < -0.3 is 10.2 Å². The fourth-order valence-corrected chi connectivity index (χ4v) is 3.64. The minimum Gasteiger partial charge on any atom is -0.352 e. The van der Waals surface area contributed by atoms with Gasteiger partial charge in [0.05, 0.1) is 12.2 Å². The molecule has 0 aliphatic heterocycles. The van der Waals surface area contributed by atoms with E-state index in [0.29, 0.717) is 5.56 Å². The van der Waals surface area contributed by atoms with E-state index in [1.54, 1.807) is 24.3 Å². The van der Waals surface area contributed by atoms with Gasteiger partial charge in [0.2, 0.25) is 5.91 Å². The number of rotatable bonds is 7. The van der Waals surface area contributed by atoms with Crippen molar-refractivity contribution >= 4 is 44.8 Å². The van der Waals surface area contributed by atoms with Crippen molar-refractivity contribution in [3.8, 4) is 0 Å². The monoisotopic (exact) mass is 478 g/mol. The highest BCUT2D eigenvalue weighted by atomic mass is 79.9. The summed E-state index contributed by atoms with van der Waals surface area (Å²) >= 11 is 4.74. The quantitative estimate of drug-likeness (QED) is 0.510. The lowest BCUT2D eigenvalue weighted by Gasteiger charge is -2.23. The molecule has 3 rings (SSSR count). The summed E-state index contributed by atoms with van der Waals surface area (Å²) in [5, 5.41) is 4.54. The van der Waals surface area contributed by atoms with Crippen LogP contribution in [0.25, 0.3) is 0 Å². The molecule has 1 N–H and O–H groups in total. The summed E-state index contributed by atoms with van der Waals surface area (Å²) in [5.41, 5.74) is 0.477. The number of anilines is 1. The summed E-state index contributed by atoms with van der Waals surface area (Å²) in [6.07, 6.45) is -0.0234. The lowest BCUT2D eigenvalue weighted by Crippen LogP contribution is -2.34. The van der Waals surface area contributed by atoms with E-state index in [1.807, 2.05) is 17.5 Å². The van der Waals surface area contributed by atoms with Crippen molar-refractivity contribution in [2.45, 2.75) is 13.0 Å². The van der Waals surface area contributed by atoms with Gasteiger partial charge in [0.25, 0.3) is 5.91 Å². The van der Waals surface area contributed by atoms with Crippen LogP contribution in [0.1, 0.15) is 21.7 Å². The van der Waals surface area contributed by atoms with Crippen LogP contribution in [-0.4, -0.2) is 18.4 Å². The molecule has 1 heterocycles. The lowest BCUT2D eigenvalue weighted by atomic mass is 10.2. The predicted molar refractivity (Wildman–Crippen MR) is 113 cm³/mol. The van der Waals surface area contributed by atoms with Crippen molar-refractivity contribution < 1.29 is 18.4 Å². The van der Waals surface area contributed by atoms with E-state index in [0.717, 1.165) is 21.5 Å². The number of halogens is 3. The van der Waals surface area contributed by atoms with Gasteiger partial charge in [0.1, 0.15) is 11.6 Å². The second-order valence-corrected chi connectivity index (χ2v) is 8.12. The highest BCUT2D eigenvalue weighted by Crippen LogP contribution is 2.24. The van der Waals surface area contributed by atoms with E-state index in [2.05, 4.69) is 21.2 Å². The van der Waals surface area contributed by atoms with Crippen LogP contribution in [0.2, 0.25) is 0 Å². The van der Waals surface area contributed by atoms with Crippen LogP contribution in [-0.2, 0) is 11.3 Å². The predicted octanol–water partition coefficient (Wildman–Crippen LogP) is 5.14. The third-order valence-electron chi connectivity index (χ3n) is 4.13. The molecule has 0 spiro atoms. The van der Waals surface area contributed by atoms with Gasteiger partial charge >= 0.3 is 0 Å². The summed E-state index contributed by atoms with van der Waals surface area (Å²) in [6.45, 7) is 0.261. The number of hydrogen-bond donors (Lipinski definition) is 1. The Kier molecular flexibility index (Phi) is 7.11. The van der Waals surface area contributed by atoms with E-state index >= 15 is 0 Å². The minimum absolute atomic E-state index is 0.00374. The molecule has 8 heteroatoms. The Hall–Kier alpha value is -2.58. The molecule has 0 aliphatic rings. The van der Waals surface area contributed by atoms with Crippen LogP contribution >= 0.6 is 27.3 Å². The molecule has 0 bridgehead atoms. The van der Waals surface area contributed by atoms with Gasteiger partial charge in [-0.1, -0.05) is 22.0 Å². The Morgan fingerprint density at radius 1 is 1.07 bits per heavy atom. The molecule has 0 atom stereocenters. The Morgan fingerprint density at radius 2 is 1.83 bits per heavy atom. The molecule has 0 saturated carbocycles. The van der Waals surface area contributed by atoms with E-state index in [4.69, 9.17) is 0 Å². The Bertz CT molecular complexity index is 994. The Balaban J connectivity index is 1.67. The van der Waals surface area contributed by atoms with E-state index in [9.17, 15) is 18.4 Å². The van der Waals surface area contributed by atoms with Gasteiger partial charge in [0, 0.05) is 33.9 Å². The number of hydrogen-bond acceptors (Lipinski definition) is 3. The van der Waals surface area contributed by atoms with Gasteiger partial charge in [-0.15, -0.1) is 11.3 Å². The SMILES string of the molecule is O=C(NCCC(=O)N(Cc1cccs1)c1ccc(F)cc1F)c1ccc(Br)cc1. The average Bonchev–Trinajstić information content (AvgIpc) is 3.20. The molecular formula is C21H17BrF2N2O2S. The largest absolute Gasteiger partial charge is 0.352 e. The highest BCUT2D eigenvalue weighted by Gasteiger charge is 2.20. The first-order valence-corrected chi connectivity index (χ1v) is 10.4. The van der Waals surface area contributed by atoms with E-state index in [1.165, 1.54) is 22.3 Å². The summed E-state index contributed by atoms with van der Waals surface area (Å²) < 4.78 is 28.4. The van der Waals surface area contributed by atoms with Gasteiger partial charge in [-0.2, -0.15) is 0 Å². The summed E-state index contributed by atoms with van der Waals surface area (Å²) in [5.74, 6) is -2.20. The first-order chi connectivity index (χ1) is 13.9. The minimum atomic E-state index is -0.811. The third-order valence-corrected chi connectivity index (χ3v) is 5.52. The first kappa shape index (κ1) is 21.1. The molecule has 2 aromatic carbocycles. The van der Waals surface area contributed by atoms with E-state index < -0.39 is 11.6 Å².